The minimum Gasteiger partial charge on any atom is -0.367 e. The molecule has 3 rings (SSSR count). The van der Waals surface area contributed by atoms with Gasteiger partial charge in [-0.1, -0.05) is 12.1 Å². The van der Waals surface area contributed by atoms with E-state index in [9.17, 15) is 9.18 Å². The molecule has 0 atom stereocenters. The van der Waals surface area contributed by atoms with Crippen molar-refractivity contribution >= 4 is 29.0 Å². The van der Waals surface area contributed by atoms with Crippen LogP contribution in [0.1, 0.15) is 23.2 Å². The second-order valence-electron chi connectivity index (χ2n) is 4.75. The molecule has 1 fully saturated rings. The average molecular weight is 307 g/mol. The molecule has 7 heteroatoms. The van der Waals surface area contributed by atoms with Crippen LogP contribution < -0.4 is 10.6 Å². The Morgan fingerprint density at radius 1 is 1.33 bits per heavy atom. The van der Waals surface area contributed by atoms with E-state index >= 15 is 0 Å². The van der Waals surface area contributed by atoms with E-state index in [1.165, 1.54) is 18.3 Å². The number of nitrogens with zero attached hydrogens (tertiary/aromatic N) is 2. The maximum Gasteiger partial charge on any atom is 0.261 e. The minimum absolute atomic E-state index is 0.0561. The highest BCUT2D eigenvalue weighted by Gasteiger charge is 2.25. The minimum atomic E-state index is -0.502. The topological polar surface area (TPSA) is 66.9 Å². The molecule has 21 heavy (non-hydrogen) atoms. The molecule has 108 valence electrons. The largest absolute Gasteiger partial charge is 0.367 e. The summed E-state index contributed by atoms with van der Waals surface area (Å²) in [5.74, 6) is -0.622. The Bertz CT molecular complexity index is 690. The number of para-hydroxylation sites is 1. The smallest absolute Gasteiger partial charge is 0.261 e. The van der Waals surface area contributed by atoms with Crippen LogP contribution in [0.3, 0.4) is 0 Å². The molecule has 1 aliphatic rings. The van der Waals surface area contributed by atoms with Crippen molar-refractivity contribution in [2.75, 3.05) is 10.6 Å². The Kier molecular flexibility index (Phi) is 3.70. The van der Waals surface area contributed by atoms with Crippen molar-refractivity contribution < 1.29 is 9.18 Å². The number of anilines is 2. The molecule has 0 radical (unpaired) electrons. The highest BCUT2D eigenvalue weighted by molar-refractivity contribution is 6.28. The number of aromatic nitrogens is 2. The summed E-state index contributed by atoms with van der Waals surface area (Å²) in [5, 5.41) is 5.68. The summed E-state index contributed by atoms with van der Waals surface area (Å²) in [5.41, 5.74) is 0.337. The highest BCUT2D eigenvalue weighted by atomic mass is 35.5. The molecule has 2 aromatic rings. The van der Waals surface area contributed by atoms with E-state index in [-0.39, 0.29) is 16.5 Å². The van der Waals surface area contributed by atoms with Crippen molar-refractivity contribution in [1.82, 2.24) is 9.97 Å². The molecule has 0 bridgehead atoms. The molecule has 1 amide bonds. The zero-order valence-electron chi connectivity index (χ0n) is 10.9. The van der Waals surface area contributed by atoms with E-state index in [1.54, 1.807) is 12.1 Å². The van der Waals surface area contributed by atoms with Gasteiger partial charge in [0, 0.05) is 12.2 Å². The number of hydrogen-bond acceptors (Lipinski definition) is 4. The predicted octanol–water partition coefficient (Wildman–Crippen LogP) is 3.10. The number of benzene rings is 1. The second kappa shape index (κ2) is 5.65. The van der Waals surface area contributed by atoms with E-state index in [4.69, 9.17) is 11.6 Å². The van der Waals surface area contributed by atoms with Gasteiger partial charge in [0.1, 0.15) is 17.2 Å². The molecule has 0 spiro atoms. The first-order chi connectivity index (χ1) is 10.1. The Hall–Kier alpha value is -2.21. The van der Waals surface area contributed by atoms with E-state index in [2.05, 4.69) is 20.6 Å². The molecule has 5 nitrogen and oxygen atoms in total. The highest BCUT2D eigenvalue weighted by Crippen LogP contribution is 2.26. The average Bonchev–Trinajstić information content (AvgIpc) is 3.25. The van der Waals surface area contributed by atoms with Gasteiger partial charge in [-0.15, -0.1) is 0 Å². The van der Waals surface area contributed by atoms with Gasteiger partial charge in [0.2, 0.25) is 5.28 Å². The second-order valence-corrected chi connectivity index (χ2v) is 5.09. The normalized spacial score (nSPS) is 13.8. The van der Waals surface area contributed by atoms with Crippen molar-refractivity contribution in [3.05, 3.63) is 47.1 Å². The number of carbonyl (C=O) groups is 1. The Morgan fingerprint density at radius 2 is 2.10 bits per heavy atom. The van der Waals surface area contributed by atoms with Crippen LogP contribution in [-0.2, 0) is 0 Å². The van der Waals surface area contributed by atoms with Crippen molar-refractivity contribution in [3.63, 3.8) is 0 Å². The molecule has 1 heterocycles. The van der Waals surface area contributed by atoms with Crippen LogP contribution >= 0.6 is 11.6 Å². The Balaban J connectivity index is 1.85. The SMILES string of the molecule is O=C(Nc1ccccc1F)c1cnc(Cl)nc1NC1CC1. The van der Waals surface area contributed by atoms with Gasteiger partial charge >= 0.3 is 0 Å². The van der Waals surface area contributed by atoms with Gasteiger partial charge in [0.25, 0.3) is 5.91 Å². The maximum atomic E-state index is 13.6. The number of nitrogens with one attached hydrogen (secondary N) is 2. The molecule has 1 aromatic carbocycles. The van der Waals surface area contributed by atoms with Crippen molar-refractivity contribution in [2.24, 2.45) is 0 Å². The van der Waals surface area contributed by atoms with Crippen molar-refractivity contribution in [2.45, 2.75) is 18.9 Å². The fourth-order valence-corrected chi connectivity index (χ4v) is 1.94. The molecular formula is C14H12ClFN4O. The van der Waals surface area contributed by atoms with E-state index < -0.39 is 11.7 Å². The van der Waals surface area contributed by atoms with Crippen LogP contribution in [0.5, 0.6) is 0 Å². The lowest BCUT2D eigenvalue weighted by molar-refractivity contribution is 0.102. The van der Waals surface area contributed by atoms with Gasteiger partial charge in [-0.2, -0.15) is 4.98 Å². The molecule has 0 aliphatic heterocycles. The standard InChI is InChI=1S/C14H12ClFN4O/c15-14-17-7-9(12(20-14)18-8-5-6-8)13(21)19-11-4-2-1-3-10(11)16/h1-4,7-8H,5-6H2,(H,19,21)(H,17,18,20). The number of halogens is 2. The summed E-state index contributed by atoms with van der Waals surface area (Å²) < 4.78 is 13.6. The van der Waals surface area contributed by atoms with E-state index in [0.29, 0.717) is 11.9 Å². The monoisotopic (exact) mass is 306 g/mol. The summed E-state index contributed by atoms with van der Waals surface area (Å²) in [4.78, 5) is 20.1. The molecular weight excluding hydrogens is 295 g/mol. The van der Waals surface area contributed by atoms with Crippen LogP contribution in [0.15, 0.2) is 30.5 Å². The first-order valence-corrected chi connectivity index (χ1v) is 6.86. The van der Waals surface area contributed by atoms with Crippen molar-refractivity contribution in [1.29, 1.82) is 0 Å². The molecule has 1 aromatic heterocycles. The summed E-state index contributed by atoms with van der Waals surface area (Å²) >= 11 is 5.76. The fourth-order valence-electron chi connectivity index (χ4n) is 1.81. The van der Waals surface area contributed by atoms with Crippen LogP contribution in [0, 0.1) is 5.82 Å². The fraction of sp³-hybridized carbons (Fsp3) is 0.214. The van der Waals surface area contributed by atoms with Crippen LogP contribution in [0.25, 0.3) is 0 Å². The number of amides is 1. The third-order valence-electron chi connectivity index (χ3n) is 3.04. The summed E-state index contributed by atoms with van der Waals surface area (Å²) in [6.45, 7) is 0. The molecule has 2 N–H and O–H groups in total. The zero-order valence-corrected chi connectivity index (χ0v) is 11.7. The van der Waals surface area contributed by atoms with Gasteiger partial charge in [-0.3, -0.25) is 4.79 Å². The van der Waals surface area contributed by atoms with Crippen LogP contribution in [0.2, 0.25) is 5.28 Å². The first kappa shape index (κ1) is 13.8. The van der Waals surface area contributed by atoms with Gasteiger partial charge < -0.3 is 10.6 Å². The van der Waals surface area contributed by atoms with Gasteiger partial charge in [0.15, 0.2) is 0 Å². The number of carbonyl (C=O) groups excluding carboxylic acids is 1. The van der Waals surface area contributed by atoms with E-state index in [1.807, 2.05) is 0 Å². The summed E-state index contributed by atoms with van der Waals surface area (Å²) in [6, 6.07) is 6.25. The third kappa shape index (κ3) is 3.28. The van der Waals surface area contributed by atoms with Crippen LogP contribution in [0.4, 0.5) is 15.9 Å². The van der Waals surface area contributed by atoms with Crippen molar-refractivity contribution in [3.8, 4) is 0 Å². The van der Waals surface area contributed by atoms with Gasteiger partial charge in [0.05, 0.1) is 5.69 Å². The number of hydrogen-bond donors (Lipinski definition) is 2. The first-order valence-electron chi connectivity index (χ1n) is 6.48. The zero-order chi connectivity index (χ0) is 14.8. The lowest BCUT2D eigenvalue weighted by atomic mass is 10.2. The Morgan fingerprint density at radius 3 is 2.81 bits per heavy atom. The quantitative estimate of drug-likeness (QED) is 0.852. The molecule has 1 aliphatic carbocycles. The predicted molar refractivity (Wildman–Crippen MR) is 78.0 cm³/mol. The van der Waals surface area contributed by atoms with Gasteiger partial charge in [-0.05, 0) is 36.6 Å². The summed E-state index contributed by atoms with van der Waals surface area (Å²) in [6.07, 6.45) is 3.38. The lowest BCUT2D eigenvalue weighted by Crippen LogP contribution is -2.17. The van der Waals surface area contributed by atoms with Gasteiger partial charge in [-0.25, -0.2) is 9.37 Å². The Labute approximate surface area is 125 Å². The molecule has 0 saturated heterocycles. The van der Waals surface area contributed by atoms with Crippen LogP contribution in [-0.4, -0.2) is 21.9 Å². The number of rotatable bonds is 4. The molecule has 1 saturated carbocycles. The summed E-state index contributed by atoms with van der Waals surface area (Å²) in [7, 11) is 0. The maximum absolute atomic E-state index is 13.6. The molecule has 0 unspecified atom stereocenters. The third-order valence-corrected chi connectivity index (χ3v) is 3.23. The van der Waals surface area contributed by atoms with E-state index in [0.717, 1.165) is 12.8 Å². The lowest BCUT2D eigenvalue weighted by Gasteiger charge is -2.11.